The van der Waals surface area contributed by atoms with Crippen LogP contribution >= 0.6 is 0 Å². The van der Waals surface area contributed by atoms with Crippen LogP contribution in [0.1, 0.15) is 5.56 Å². The second kappa shape index (κ2) is 7.75. The number of hydrogen-bond acceptors (Lipinski definition) is 9. The molecule has 1 aromatic heterocycles. The van der Waals surface area contributed by atoms with Crippen LogP contribution in [0.25, 0.3) is 0 Å². The van der Waals surface area contributed by atoms with Crippen molar-refractivity contribution in [3.63, 3.8) is 0 Å². The number of anilines is 3. The number of phenols is 1. The molecule has 132 valence electrons. The molecule has 0 radical (unpaired) electrons. The van der Waals surface area contributed by atoms with E-state index >= 15 is 0 Å². The Kier molecular flexibility index (Phi) is 5.24. The number of para-hydroxylation sites is 1. The van der Waals surface area contributed by atoms with Crippen molar-refractivity contribution in [2.45, 2.75) is 0 Å². The van der Waals surface area contributed by atoms with Gasteiger partial charge in [0.15, 0.2) is 0 Å². The molecule has 2 aromatic rings. The number of aromatic hydroxyl groups is 1. The van der Waals surface area contributed by atoms with Gasteiger partial charge in [-0.1, -0.05) is 12.1 Å². The third-order valence-electron chi connectivity index (χ3n) is 3.61. The van der Waals surface area contributed by atoms with Crippen molar-refractivity contribution in [3.05, 3.63) is 29.8 Å². The molecule has 1 fully saturated rings. The van der Waals surface area contributed by atoms with Crippen LogP contribution in [0.15, 0.2) is 29.4 Å². The number of ether oxygens (including phenoxy) is 1. The minimum absolute atomic E-state index is 0.159. The fourth-order valence-electron chi connectivity index (χ4n) is 2.26. The highest BCUT2D eigenvalue weighted by Crippen LogP contribution is 2.17. The monoisotopic (exact) mass is 343 g/mol. The molecule has 0 aliphatic carbocycles. The maximum absolute atomic E-state index is 9.75. The summed E-state index contributed by atoms with van der Waals surface area (Å²) in [7, 11) is 3.74. The zero-order valence-corrected chi connectivity index (χ0v) is 14.3. The number of morpholine rings is 1. The van der Waals surface area contributed by atoms with Crippen molar-refractivity contribution in [2.75, 3.05) is 55.6 Å². The third-order valence-corrected chi connectivity index (χ3v) is 3.61. The number of aromatic nitrogens is 3. The first-order valence-corrected chi connectivity index (χ1v) is 7.96. The third kappa shape index (κ3) is 4.32. The number of nitrogens with zero attached hydrogens (tertiary/aromatic N) is 6. The Morgan fingerprint density at radius 2 is 1.96 bits per heavy atom. The van der Waals surface area contributed by atoms with Gasteiger partial charge in [0.25, 0.3) is 0 Å². The molecule has 1 saturated heterocycles. The van der Waals surface area contributed by atoms with E-state index in [1.807, 2.05) is 25.1 Å². The summed E-state index contributed by atoms with van der Waals surface area (Å²) in [4.78, 5) is 17.1. The van der Waals surface area contributed by atoms with E-state index < -0.39 is 0 Å². The molecule has 9 nitrogen and oxygen atoms in total. The van der Waals surface area contributed by atoms with E-state index in [2.05, 4.69) is 30.4 Å². The first kappa shape index (κ1) is 16.9. The highest BCUT2D eigenvalue weighted by Gasteiger charge is 2.17. The van der Waals surface area contributed by atoms with Crippen LogP contribution in [0.2, 0.25) is 0 Å². The van der Waals surface area contributed by atoms with Gasteiger partial charge in [-0.15, -0.1) is 0 Å². The lowest BCUT2D eigenvalue weighted by Gasteiger charge is -2.27. The Morgan fingerprint density at radius 1 is 1.20 bits per heavy atom. The lowest BCUT2D eigenvalue weighted by Crippen LogP contribution is -2.37. The van der Waals surface area contributed by atoms with Crippen molar-refractivity contribution >= 4 is 24.1 Å². The summed E-state index contributed by atoms with van der Waals surface area (Å²) < 4.78 is 5.37. The summed E-state index contributed by atoms with van der Waals surface area (Å²) in [5.41, 5.74) is 3.41. The summed E-state index contributed by atoms with van der Waals surface area (Å²) in [6.45, 7) is 2.77. The van der Waals surface area contributed by atoms with Crippen LogP contribution in [0, 0.1) is 0 Å². The molecule has 25 heavy (non-hydrogen) atoms. The molecule has 0 atom stereocenters. The molecule has 1 aliphatic rings. The Labute approximate surface area is 146 Å². The molecule has 9 heteroatoms. The smallest absolute Gasteiger partial charge is 0.250 e. The number of nitrogens with one attached hydrogen (secondary N) is 1. The van der Waals surface area contributed by atoms with Gasteiger partial charge >= 0.3 is 0 Å². The summed E-state index contributed by atoms with van der Waals surface area (Å²) in [6.07, 6.45) is 1.52. The Hall–Kier alpha value is -2.94. The van der Waals surface area contributed by atoms with Gasteiger partial charge in [-0.25, -0.2) is 5.43 Å². The maximum Gasteiger partial charge on any atom is 0.250 e. The number of rotatable bonds is 5. The van der Waals surface area contributed by atoms with Gasteiger partial charge in [0.1, 0.15) is 5.75 Å². The minimum atomic E-state index is 0.159. The van der Waals surface area contributed by atoms with Crippen LogP contribution < -0.4 is 15.2 Å². The number of hydrogen-bond donors (Lipinski definition) is 2. The topological polar surface area (TPSA) is 99.0 Å². The Bertz CT molecular complexity index is 745. The summed E-state index contributed by atoms with van der Waals surface area (Å²) >= 11 is 0. The van der Waals surface area contributed by atoms with Gasteiger partial charge in [0.05, 0.1) is 19.4 Å². The SMILES string of the molecule is CN(C)c1nc(NN=Cc2ccccc2O)nc(N2CCOCC2)n1. The van der Waals surface area contributed by atoms with Gasteiger partial charge < -0.3 is 19.6 Å². The highest BCUT2D eigenvalue weighted by atomic mass is 16.5. The summed E-state index contributed by atoms with van der Waals surface area (Å²) in [6, 6.07) is 6.94. The Morgan fingerprint density at radius 3 is 2.68 bits per heavy atom. The quantitative estimate of drug-likeness (QED) is 0.611. The molecule has 1 aliphatic heterocycles. The van der Waals surface area contributed by atoms with E-state index in [4.69, 9.17) is 4.74 Å². The maximum atomic E-state index is 9.75. The first-order chi connectivity index (χ1) is 12.1. The molecule has 3 rings (SSSR count). The molecule has 2 N–H and O–H groups in total. The summed E-state index contributed by atoms with van der Waals surface area (Å²) in [5, 5.41) is 13.9. The van der Waals surface area contributed by atoms with Crippen molar-refractivity contribution in [3.8, 4) is 5.75 Å². The molecule has 2 heterocycles. The van der Waals surface area contributed by atoms with Crippen LogP contribution in [0.5, 0.6) is 5.75 Å². The fourth-order valence-corrected chi connectivity index (χ4v) is 2.26. The average molecular weight is 343 g/mol. The van der Waals surface area contributed by atoms with Gasteiger partial charge in [0, 0.05) is 32.7 Å². The zero-order valence-electron chi connectivity index (χ0n) is 14.3. The van der Waals surface area contributed by atoms with Gasteiger partial charge in [0.2, 0.25) is 17.8 Å². The molecule has 0 amide bonds. The van der Waals surface area contributed by atoms with Crippen LogP contribution in [-0.4, -0.2) is 66.7 Å². The average Bonchev–Trinajstić information content (AvgIpc) is 2.64. The van der Waals surface area contributed by atoms with Gasteiger partial charge in [-0.05, 0) is 12.1 Å². The second-order valence-electron chi connectivity index (χ2n) is 5.68. The van der Waals surface area contributed by atoms with E-state index in [-0.39, 0.29) is 5.75 Å². The van der Waals surface area contributed by atoms with Gasteiger partial charge in [-0.2, -0.15) is 20.1 Å². The van der Waals surface area contributed by atoms with Crippen molar-refractivity contribution in [1.82, 2.24) is 15.0 Å². The van der Waals surface area contributed by atoms with Crippen molar-refractivity contribution < 1.29 is 9.84 Å². The second-order valence-corrected chi connectivity index (χ2v) is 5.68. The van der Waals surface area contributed by atoms with E-state index in [0.29, 0.717) is 36.6 Å². The van der Waals surface area contributed by atoms with Crippen molar-refractivity contribution in [2.24, 2.45) is 5.10 Å². The standard InChI is InChI=1S/C16H21N7O2/c1-22(2)15-18-14(19-16(20-15)23-7-9-25-10-8-23)21-17-11-12-5-3-4-6-13(12)24/h3-6,11,24H,7-10H2,1-2H3,(H,18,19,20,21). The lowest BCUT2D eigenvalue weighted by atomic mass is 10.2. The predicted octanol–water partition coefficient (Wildman–Crippen LogP) is 0.926. The number of benzene rings is 1. The molecule has 0 saturated carbocycles. The summed E-state index contributed by atoms with van der Waals surface area (Å²) in [5.74, 6) is 1.62. The van der Waals surface area contributed by atoms with E-state index in [9.17, 15) is 5.11 Å². The normalized spacial score (nSPS) is 14.7. The molecule has 0 bridgehead atoms. The zero-order chi connectivity index (χ0) is 17.6. The van der Waals surface area contributed by atoms with E-state index in [0.717, 1.165) is 13.1 Å². The van der Waals surface area contributed by atoms with E-state index in [1.54, 1.807) is 18.2 Å². The van der Waals surface area contributed by atoms with Crippen LogP contribution in [-0.2, 0) is 4.74 Å². The molecule has 0 unspecified atom stereocenters. The number of phenolic OH excluding ortho intramolecular Hbond substituents is 1. The molecular weight excluding hydrogens is 322 g/mol. The van der Waals surface area contributed by atoms with E-state index in [1.165, 1.54) is 6.21 Å². The highest BCUT2D eigenvalue weighted by molar-refractivity contribution is 5.83. The fraction of sp³-hybridized carbons (Fsp3) is 0.375. The minimum Gasteiger partial charge on any atom is -0.507 e. The van der Waals surface area contributed by atoms with Gasteiger partial charge in [-0.3, -0.25) is 0 Å². The molecular formula is C16H21N7O2. The van der Waals surface area contributed by atoms with Crippen LogP contribution in [0.4, 0.5) is 17.8 Å². The lowest BCUT2D eigenvalue weighted by molar-refractivity contribution is 0.122. The van der Waals surface area contributed by atoms with Crippen molar-refractivity contribution in [1.29, 1.82) is 0 Å². The van der Waals surface area contributed by atoms with Crippen LogP contribution in [0.3, 0.4) is 0 Å². The molecule has 1 aromatic carbocycles. The predicted molar refractivity (Wildman–Crippen MR) is 96.5 cm³/mol. The molecule has 0 spiro atoms. The first-order valence-electron chi connectivity index (χ1n) is 7.96. The largest absolute Gasteiger partial charge is 0.507 e. The Balaban J connectivity index is 1.80. The number of hydrazone groups is 1.